The second kappa shape index (κ2) is 9.16. The number of anilines is 1. The maximum atomic E-state index is 12.8. The van der Waals surface area contributed by atoms with Crippen LogP contribution in [0.3, 0.4) is 0 Å². The topological polar surface area (TPSA) is 97.0 Å². The molecule has 152 valence electrons. The molecule has 29 heavy (non-hydrogen) atoms. The van der Waals surface area contributed by atoms with Crippen molar-refractivity contribution in [3.63, 3.8) is 0 Å². The number of hydrazine groups is 1. The maximum absolute atomic E-state index is 12.8. The van der Waals surface area contributed by atoms with Gasteiger partial charge in [-0.3, -0.25) is 19.8 Å². The molecule has 0 aromatic heterocycles. The molecule has 9 heteroatoms. The molecule has 1 unspecified atom stereocenters. The van der Waals surface area contributed by atoms with Crippen molar-refractivity contribution in [1.29, 1.82) is 0 Å². The molecular weight excluding hydrogens is 381 g/mol. The van der Waals surface area contributed by atoms with Gasteiger partial charge in [-0.25, -0.2) is 14.7 Å². The lowest BCUT2D eigenvalue weighted by Crippen LogP contribution is -2.49. The van der Waals surface area contributed by atoms with Gasteiger partial charge in [-0.2, -0.15) is 0 Å². The minimum atomic E-state index is -0.885. The molecule has 1 fully saturated rings. The van der Waals surface area contributed by atoms with Crippen LogP contribution in [0.4, 0.5) is 10.1 Å². The Morgan fingerprint density at radius 2 is 1.69 bits per heavy atom. The first kappa shape index (κ1) is 20.3. The van der Waals surface area contributed by atoms with Crippen LogP contribution < -0.4 is 25.2 Å². The normalized spacial score (nSPS) is 16.1. The van der Waals surface area contributed by atoms with Crippen molar-refractivity contribution in [3.8, 4) is 11.5 Å². The molecule has 8 nitrogen and oxygen atoms in total. The highest BCUT2D eigenvalue weighted by atomic mass is 19.1. The molecule has 3 amide bonds. The Kier molecular flexibility index (Phi) is 6.40. The van der Waals surface area contributed by atoms with E-state index in [-0.39, 0.29) is 18.9 Å². The van der Waals surface area contributed by atoms with Crippen LogP contribution in [0.15, 0.2) is 48.5 Å². The van der Waals surface area contributed by atoms with E-state index in [9.17, 15) is 18.8 Å². The van der Waals surface area contributed by atoms with E-state index in [1.807, 2.05) is 6.92 Å². The van der Waals surface area contributed by atoms with Crippen molar-refractivity contribution in [2.24, 2.45) is 0 Å². The fourth-order valence-electron chi connectivity index (χ4n) is 2.76. The van der Waals surface area contributed by atoms with Gasteiger partial charge < -0.3 is 9.47 Å². The number of nitrogens with zero attached hydrogens (tertiary/aromatic N) is 1. The summed E-state index contributed by atoms with van der Waals surface area (Å²) in [5.74, 6) is -0.847. The SMILES string of the molecule is CCOc1ccc(N2C(=O)CC(NNC(=O)COc3ccc(F)cc3)C2=O)cc1. The lowest BCUT2D eigenvalue weighted by Gasteiger charge is -2.16. The van der Waals surface area contributed by atoms with E-state index in [0.717, 1.165) is 4.90 Å². The fourth-order valence-corrected chi connectivity index (χ4v) is 2.76. The summed E-state index contributed by atoms with van der Waals surface area (Å²) in [6.07, 6.45) is -0.0921. The minimum Gasteiger partial charge on any atom is -0.494 e. The molecule has 0 bridgehead atoms. The van der Waals surface area contributed by atoms with Gasteiger partial charge in [0, 0.05) is 0 Å². The van der Waals surface area contributed by atoms with Crippen LogP contribution in [0, 0.1) is 5.82 Å². The summed E-state index contributed by atoms with van der Waals surface area (Å²) in [7, 11) is 0. The highest BCUT2D eigenvalue weighted by Gasteiger charge is 2.39. The summed E-state index contributed by atoms with van der Waals surface area (Å²) in [5.41, 5.74) is 5.34. The second-order valence-corrected chi connectivity index (χ2v) is 6.19. The van der Waals surface area contributed by atoms with Gasteiger partial charge in [-0.05, 0) is 55.5 Å². The Morgan fingerprint density at radius 1 is 1.07 bits per heavy atom. The molecule has 0 aliphatic carbocycles. The number of imide groups is 1. The summed E-state index contributed by atoms with van der Waals surface area (Å²) < 4.78 is 23.4. The summed E-state index contributed by atoms with van der Waals surface area (Å²) >= 11 is 0. The van der Waals surface area contributed by atoms with Crippen LogP contribution in [0.2, 0.25) is 0 Å². The van der Waals surface area contributed by atoms with Crippen molar-refractivity contribution in [3.05, 3.63) is 54.3 Å². The number of carbonyl (C=O) groups is 3. The van der Waals surface area contributed by atoms with Crippen LogP contribution in [-0.2, 0) is 14.4 Å². The number of ether oxygens (including phenoxy) is 2. The number of rotatable bonds is 8. The highest BCUT2D eigenvalue weighted by molar-refractivity contribution is 6.22. The Balaban J connectivity index is 1.51. The molecule has 1 heterocycles. The number of hydrogen-bond acceptors (Lipinski definition) is 6. The van der Waals surface area contributed by atoms with Crippen molar-refractivity contribution in [1.82, 2.24) is 10.9 Å². The molecule has 0 radical (unpaired) electrons. The van der Waals surface area contributed by atoms with Crippen molar-refractivity contribution in [2.45, 2.75) is 19.4 Å². The quantitative estimate of drug-likeness (QED) is 0.515. The molecule has 2 N–H and O–H groups in total. The van der Waals surface area contributed by atoms with Crippen LogP contribution >= 0.6 is 0 Å². The standard InChI is InChI=1S/C20H20FN3O5/c1-2-28-15-9-5-14(6-10-15)24-19(26)11-17(20(24)27)22-23-18(25)12-29-16-7-3-13(21)4-8-16/h3-10,17,22H,2,11-12H2,1H3,(H,23,25). The summed E-state index contributed by atoms with van der Waals surface area (Å²) in [6.45, 7) is 2.03. The van der Waals surface area contributed by atoms with Gasteiger partial charge in [0.05, 0.1) is 18.7 Å². The van der Waals surface area contributed by atoms with E-state index in [1.54, 1.807) is 24.3 Å². The molecule has 1 saturated heterocycles. The third-order valence-electron chi connectivity index (χ3n) is 4.12. The Labute approximate surface area is 166 Å². The molecule has 2 aromatic carbocycles. The highest BCUT2D eigenvalue weighted by Crippen LogP contribution is 2.25. The van der Waals surface area contributed by atoms with Gasteiger partial charge in [0.2, 0.25) is 5.91 Å². The van der Waals surface area contributed by atoms with Gasteiger partial charge in [0.25, 0.3) is 11.8 Å². The smallest absolute Gasteiger partial charge is 0.272 e. The van der Waals surface area contributed by atoms with Gasteiger partial charge in [0.15, 0.2) is 6.61 Å². The lowest BCUT2D eigenvalue weighted by atomic mass is 10.2. The van der Waals surface area contributed by atoms with Gasteiger partial charge in [-0.1, -0.05) is 0 Å². The summed E-state index contributed by atoms with van der Waals surface area (Å²) in [6, 6.07) is 10.9. The minimum absolute atomic E-state index is 0.0921. The second-order valence-electron chi connectivity index (χ2n) is 6.19. The molecule has 1 aliphatic rings. The number of hydrogen-bond donors (Lipinski definition) is 2. The predicted molar refractivity (Wildman–Crippen MR) is 102 cm³/mol. The molecular formula is C20H20FN3O5. The molecule has 1 atom stereocenters. The van der Waals surface area contributed by atoms with Gasteiger partial charge >= 0.3 is 0 Å². The van der Waals surface area contributed by atoms with E-state index in [0.29, 0.717) is 23.8 Å². The first-order valence-electron chi connectivity index (χ1n) is 9.00. The predicted octanol–water partition coefficient (Wildman–Crippen LogP) is 1.56. The van der Waals surface area contributed by atoms with Gasteiger partial charge in [-0.15, -0.1) is 0 Å². The Bertz CT molecular complexity index is 886. The maximum Gasteiger partial charge on any atom is 0.272 e. The number of amides is 3. The third kappa shape index (κ3) is 5.08. The largest absolute Gasteiger partial charge is 0.494 e. The Hall–Kier alpha value is -3.46. The van der Waals surface area contributed by atoms with Crippen LogP contribution in [0.5, 0.6) is 11.5 Å². The van der Waals surface area contributed by atoms with E-state index >= 15 is 0 Å². The number of nitrogens with one attached hydrogen (secondary N) is 2. The summed E-state index contributed by atoms with van der Waals surface area (Å²) in [5, 5.41) is 0. The molecule has 3 rings (SSSR count). The fraction of sp³-hybridized carbons (Fsp3) is 0.250. The van der Waals surface area contributed by atoms with E-state index in [1.165, 1.54) is 24.3 Å². The molecule has 1 aliphatic heterocycles. The number of carbonyl (C=O) groups excluding carboxylic acids is 3. The number of benzene rings is 2. The molecule has 0 saturated carbocycles. The summed E-state index contributed by atoms with van der Waals surface area (Å²) in [4.78, 5) is 37.7. The van der Waals surface area contributed by atoms with Crippen molar-refractivity contribution >= 4 is 23.4 Å². The van der Waals surface area contributed by atoms with Crippen molar-refractivity contribution < 1.29 is 28.2 Å². The van der Waals surface area contributed by atoms with E-state index in [2.05, 4.69) is 10.9 Å². The third-order valence-corrected chi connectivity index (χ3v) is 4.12. The van der Waals surface area contributed by atoms with Gasteiger partial charge in [0.1, 0.15) is 23.4 Å². The zero-order valence-corrected chi connectivity index (χ0v) is 15.7. The molecule has 2 aromatic rings. The van der Waals surface area contributed by atoms with Crippen LogP contribution in [0.25, 0.3) is 0 Å². The van der Waals surface area contributed by atoms with E-state index in [4.69, 9.17) is 9.47 Å². The van der Waals surface area contributed by atoms with Crippen LogP contribution in [0.1, 0.15) is 13.3 Å². The van der Waals surface area contributed by atoms with Crippen LogP contribution in [-0.4, -0.2) is 37.0 Å². The first-order valence-corrected chi connectivity index (χ1v) is 9.00. The first-order chi connectivity index (χ1) is 14.0. The Morgan fingerprint density at radius 3 is 2.34 bits per heavy atom. The van der Waals surface area contributed by atoms with Crippen molar-refractivity contribution in [2.75, 3.05) is 18.1 Å². The molecule has 0 spiro atoms. The van der Waals surface area contributed by atoms with E-state index < -0.39 is 23.7 Å². The average molecular weight is 401 g/mol. The monoisotopic (exact) mass is 401 g/mol. The number of halogens is 1. The zero-order valence-electron chi connectivity index (χ0n) is 15.7. The zero-order chi connectivity index (χ0) is 20.8. The average Bonchev–Trinajstić information content (AvgIpc) is 3.00. The lowest BCUT2D eigenvalue weighted by molar-refractivity contribution is -0.125.